The highest BCUT2D eigenvalue weighted by Gasteiger charge is 2.17. The first kappa shape index (κ1) is 15.7. The zero-order chi connectivity index (χ0) is 14.3. The molecule has 1 aliphatic rings. The lowest BCUT2D eigenvalue weighted by Crippen LogP contribution is -2.23. The Morgan fingerprint density at radius 3 is 2.00 bits per heavy atom. The van der Waals surface area contributed by atoms with Gasteiger partial charge < -0.3 is 9.47 Å². The van der Waals surface area contributed by atoms with Gasteiger partial charge in [0, 0.05) is 12.2 Å². The van der Waals surface area contributed by atoms with Crippen molar-refractivity contribution >= 4 is 11.9 Å². The molecule has 0 saturated heterocycles. The minimum absolute atomic E-state index is 0.00159. The van der Waals surface area contributed by atoms with E-state index in [1.54, 1.807) is 20.8 Å². The van der Waals surface area contributed by atoms with Crippen molar-refractivity contribution in [3.8, 4) is 0 Å². The van der Waals surface area contributed by atoms with Gasteiger partial charge in [0.2, 0.25) is 0 Å². The average Bonchev–Trinajstić information content (AvgIpc) is 2.53. The third-order valence-corrected chi connectivity index (χ3v) is 2.85. The predicted octanol–water partition coefficient (Wildman–Crippen LogP) is 3.15. The fourth-order valence-electron chi connectivity index (χ4n) is 2.04. The number of hydrogen-bond acceptors (Lipinski definition) is 4. The second-order valence-corrected chi connectivity index (χ2v) is 5.92. The molecule has 0 amide bonds. The SMILES string of the molecule is CC(C)(C)OC(=O)/C=C/C(=O)OC1CCCCCC1. The van der Waals surface area contributed by atoms with E-state index in [1.165, 1.54) is 12.8 Å². The molecule has 1 aliphatic carbocycles. The summed E-state index contributed by atoms with van der Waals surface area (Å²) in [6, 6.07) is 0. The third-order valence-electron chi connectivity index (χ3n) is 2.85. The molecule has 4 nitrogen and oxygen atoms in total. The Hall–Kier alpha value is -1.32. The Morgan fingerprint density at radius 2 is 1.47 bits per heavy atom. The summed E-state index contributed by atoms with van der Waals surface area (Å²) in [4.78, 5) is 23.0. The maximum atomic E-state index is 11.6. The largest absolute Gasteiger partial charge is 0.459 e. The second-order valence-electron chi connectivity index (χ2n) is 5.92. The van der Waals surface area contributed by atoms with Crippen molar-refractivity contribution in [1.29, 1.82) is 0 Å². The molecule has 0 spiro atoms. The molecule has 4 heteroatoms. The summed E-state index contributed by atoms with van der Waals surface area (Å²) in [6.07, 6.45) is 8.75. The van der Waals surface area contributed by atoms with Crippen LogP contribution >= 0.6 is 0 Å². The first-order chi connectivity index (χ1) is 8.87. The number of carbonyl (C=O) groups excluding carboxylic acids is 2. The van der Waals surface area contributed by atoms with Gasteiger partial charge in [-0.25, -0.2) is 9.59 Å². The van der Waals surface area contributed by atoms with Crippen LogP contribution in [0.1, 0.15) is 59.3 Å². The van der Waals surface area contributed by atoms with E-state index in [4.69, 9.17) is 9.47 Å². The van der Waals surface area contributed by atoms with E-state index in [1.807, 2.05) is 0 Å². The van der Waals surface area contributed by atoms with Crippen molar-refractivity contribution < 1.29 is 19.1 Å². The van der Waals surface area contributed by atoms with E-state index >= 15 is 0 Å². The van der Waals surface area contributed by atoms with Crippen molar-refractivity contribution in [2.75, 3.05) is 0 Å². The number of hydrogen-bond donors (Lipinski definition) is 0. The molecule has 108 valence electrons. The van der Waals surface area contributed by atoms with E-state index in [-0.39, 0.29) is 6.10 Å². The molecule has 0 aromatic rings. The van der Waals surface area contributed by atoms with Crippen LogP contribution in [0.15, 0.2) is 12.2 Å². The topological polar surface area (TPSA) is 52.6 Å². The molecule has 0 aromatic heterocycles. The Morgan fingerprint density at radius 1 is 0.947 bits per heavy atom. The number of carbonyl (C=O) groups is 2. The van der Waals surface area contributed by atoms with E-state index in [0.29, 0.717) is 0 Å². The van der Waals surface area contributed by atoms with Gasteiger partial charge in [0.1, 0.15) is 11.7 Å². The van der Waals surface area contributed by atoms with Gasteiger partial charge in [0.15, 0.2) is 0 Å². The van der Waals surface area contributed by atoms with E-state index < -0.39 is 17.5 Å². The van der Waals surface area contributed by atoms with Gasteiger partial charge in [-0.1, -0.05) is 12.8 Å². The molecule has 0 unspecified atom stereocenters. The summed E-state index contributed by atoms with van der Waals surface area (Å²) in [5.74, 6) is -0.983. The zero-order valence-electron chi connectivity index (χ0n) is 12.1. The highest BCUT2D eigenvalue weighted by atomic mass is 16.6. The molecule has 0 aromatic carbocycles. The monoisotopic (exact) mass is 268 g/mol. The first-order valence-electron chi connectivity index (χ1n) is 6.98. The number of esters is 2. The van der Waals surface area contributed by atoms with Gasteiger partial charge >= 0.3 is 11.9 Å². The standard InChI is InChI=1S/C15H24O4/c1-15(2,3)19-14(17)11-10-13(16)18-12-8-6-4-5-7-9-12/h10-12H,4-9H2,1-3H3/b11-10+. The van der Waals surface area contributed by atoms with Crippen LogP contribution in [0, 0.1) is 0 Å². The average molecular weight is 268 g/mol. The van der Waals surface area contributed by atoms with E-state index in [9.17, 15) is 9.59 Å². The van der Waals surface area contributed by atoms with Crippen LogP contribution in [-0.2, 0) is 19.1 Å². The van der Waals surface area contributed by atoms with E-state index in [0.717, 1.165) is 37.8 Å². The van der Waals surface area contributed by atoms with Gasteiger partial charge in [-0.15, -0.1) is 0 Å². The molecule has 0 atom stereocenters. The van der Waals surface area contributed by atoms with Crippen molar-refractivity contribution in [3.05, 3.63) is 12.2 Å². The predicted molar refractivity (Wildman–Crippen MR) is 72.6 cm³/mol. The Kier molecular flexibility index (Phi) is 6.06. The van der Waals surface area contributed by atoms with Crippen LogP contribution < -0.4 is 0 Å². The molecule has 1 rings (SSSR count). The van der Waals surface area contributed by atoms with E-state index in [2.05, 4.69) is 0 Å². The minimum Gasteiger partial charge on any atom is -0.459 e. The van der Waals surface area contributed by atoms with Crippen LogP contribution in [-0.4, -0.2) is 23.6 Å². The molecule has 0 N–H and O–H groups in total. The van der Waals surface area contributed by atoms with Gasteiger partial charge in [0.05, 0.1) is 0 Å². The quantitative estimate of drug-likeness (QED) is 0.448. The highest BCUT2D eigenvalue weighted by molar-refractivity contribution is 5.91. The molecule has 0 aliphatic heterocycles. The normalized spacial score (nSPS) is 18.1. The Balaban J connectivity index is 2.35. The molecular formula is C15H24O4. The van der Waals surface area contributed by atoms with Crippen LogP contribution in [0.25, 0.3) is 0 Å². The van der Waals surface area contributed by atoms with Crippen LogP contribution in [0.4, 0.5) is 0 Å². The number of ether oxygens (including phenoxy) is 2. The van der Waals surface area contributed by atoms with Crippen molar-refractivity contribution in [2.45, 2.75) is 71.0 Å². The molecule has 1 fully saturated rings. The Bertz CT molecular complexity index is 331. The summed E-state index contributed by atoms with van der Waals surface area (Å²) in [5.41, 5.74) is -0.549. The molecule has 0 radical (unpaired) electrons. The van der Waals surface area contributed by atoms with Gasteiger partial charge in [0.25, 0.3) is 0 Å². The number of rotatable bonds is 3. The summed E-state index contributed by atoms with van der Waals surface area (Å²) in [5, 5.41) is 0. The summed E-state index contributed by atoms with van der Waals surface area (Å²) in [6.45, 7) is 5.34. The lowest BCUT2D eigenvalue weighted by Gasteiger charge is -2.18. The van der Waals surface area contributed by atoms with Crippen molar-refractivity contribution in [1.82, 2.24) is 0 Å². The summed E-state index contributed by atoms with van der Waals surface area (Å²) < 4.78 is 10.4. The zero-order valence-corrected chi connectivity index (χ0v) is 12.1. The molecule has 0 bridgehead atoms. The fourth-order valence-corrected chi connectivity index (χ4v) is 2.04. The van der Waals surface area contributed by atoms with Gasteiger partial charge in [-0.2, -0.15) is 0 Å². The highest BCUT2D eigenvalue weighted by Crippen LogP contribution is 2.19. The van der Waals surface area contributed by atoms with Crippen LogP contribution in [0.2, 0.25) is 0 Å². The fraction of sp³-hybridized carbons (Fsp3) is 0.733. The molecule has 1 saturated carbocycles. The van der Waals surface area contributed by atoms with Gasteiger partial charge in [-0.05, 0) is 46.5 Å². The lowest BCUT2D eigenvalue weighted by molar-refractivity contribution is -0.149. The molecule has 19 heavy (non-hydrogen) atoms. The van der Waals surface area contributed by atoms with Gasteiger partial charge in [-0.3, -0.25) is 0 Å². The maximum Gasteiger partial charge on any atom is 0.331 e. The molecular weight excluding hydrogens is 244 g/mol. The van der Waals surface area contributed by atoms with Crippen molar-refractivity contribution in [2.24, 2.45) is 0 Å². The Labute approximate surface area is 115 Å². The summed E-state index contributed by atoms with van der Waals surface area (Å²) >= 11 is 0. The smallest absolute Gasteiger partial charge is 0.331 e. The third kappa shape index (κ3) is 7.65. The van der Waals surface area contributed by atoms with Crippen LogP contribution in [0.5, 0.6) is 0 Å². The molecule has 0 heterocycles. The maximum absolute atomic E-state index is 11.6. The first-order valence-corrected chi connectivity index (χ1v) is 6.98. The summed E-state index contributed by atoms with van der Waals surface area (Å²) in [7, 11) is 0. The minimum atomic E-state index is -0.549. The van der Waals surface area contributed by atoms with Crippen molar-refractivity contribution in [3.63, 3.8) is 0 Å². The second kappa shape index (κ2) is 7.31. The van der Waals surface area contributed by atoms with Crippen LogP contribution in [0.3, 0.4) is 0 Å². The lowest BCUT2D eigenvalue weighted by atomic mass is 10.1.